The Balaban J connectivity index is 1.61. The molecule has 10 nitrogen and oxygen atoms in total. The Labute approximate surface area is 208 Å². The number of hydrogen-bond acceptors (Lipinski definition) is 7. The molecule has 0 saturated heterocycles. The Morgan fingerprint density at radius 1 is 1.00 bits per heavy atom. The summed E-state index contributed by atoms with van der Waals surface area (Å²) in [6.45, 7) is 5.95. The number of nitro groups is 1. The van der Waals surface area contributed by atoms with Gasteiger partial charge < -0.3 is 14.8 Å². The van der Waals surface area contributed by atoms with Crippen molar-refractivity contribution in [2.24, 2.45) is 5.10 Å². The van der Waals surface area contributed by atoms with Gasteiger partial charge >= 0.3 is 0 Å². The zero-order chi connectivity index (χ0) is 26.1. The maximum atomic E-state index is 12.3. The number of ether oxygens (including phenoxy) is 2. The van der Waals surface area contributed by atoms with E-state index < -0.39 is 10.8 Å². The molecule has 2 amide bonds. The lowest BCUT2D eigenvalue weighted by Crippen LogP contribution is -2.20. The molecular formula is C26H26N4O6. The molecule has 0 heterocycles. The lowest BCUT2D eigenvalue weighted by molar-refractivity contribution is -0.384. The van der Waals surface area contributed by atoms with Gasteiger partial charge in [0, 0.05) is 23.4 Å². The fraction of sp³-hybridized carbons (Fsp3) is 0.192. The molecule has 3 rings (SSSR count). The van der Waals surface area contributed by atoms with E-state index in [1.807, 2.05) is 39.0 Å². The largest absolute Gasteiger partial charge is 0.490 e. The van der Waals surface area contributed by atoms with Gasteiger partial charge in [-0.2, -0.15) is 5.10 Å². The van der Waals surface area contributed by atoms with E-state index in [1.54, 1.807) is 18.2 Å². The van der Waals surface area contributed by atoms with Crippen LogP contribution in [0.2, 0.25) is 0 Å². The van der Waals surface area contributed by atoms with E-state index in [2.05, 4.69) is 15.8 Å². The molecule has 0 aliphatic heterocycles. The number of carbonyl (C=O) groups is 2. The number of nitrogens with zero attached hydrogens (tertiary/aromatic N) is 2. The molecular weight excluding hydrogens is 464 g/mol. The van der Waals surface area contributed by atoms with Crippen molar-refractivity contribution >= 4 is 29.4 Å². The van der Waals surface area contributed by atoms with Gasteiger partial charge in [-0.05, 0) is 73.9 Å². The van der Waals surface area contributed by atoms with Crippen LogP contribution < -0.4 is 20.2 Å². The Morgan fingerprint density at radius 3 is 2.53 bits per heavy atom. The predicted molar refractivity (Wildman–Crippen MR) is 136 cm³/mol. The van der Waals surface area contributed by atoms with E-state index in [1.165, 1.54) is 30.5 Å². The first-order chi connectivity index (χ1) is 17.3. The lowest BCUT2D eigenvalue weighted by Gasteiger charge is -2.13. The van der Waals surface area contributed by atoms with Crippen LogP contribution in [0.3, 0.4) is 0 Å². The molecule has 186 valence electrons. The minimum atomic E-state index is -0.588. The monoisotopic (exact) mass is 490 g/mol. The first kappa shape index (κ1) is 25.9. The Kier molecular flexibility index (Phi) is 8.71. The number of aryl methyl sites for hydroxylation is 2. The van der Waals surface area contributed by atoms with Crippen molar-refractivity contribution in [1.29, 1.82) is 0 Å². The number of hydrazone groups is 1. The third kappa shape index (κ3) is 7.13. The average molecular weight is 491 g/mol. The summed E-state index contributed by atoms with van der Waals surface area (Å²) in [6, 6.07) is 16.0. The minimum absolute atomic E-state index is 0.110. The second kappa shape index (κ2) is 12.1. The normalized spacial score (nSPS) is 10.6. The van der Waals surface area contributed by atoms with Gasteiger partial charge in [0.05, 0.1) is 17.7 Å². The number of nitrogens with one attached hydrogen (secondary N) is 2. The number of non-ortho nitro benzene ring substituents is 1. The molecule has 0 aromatic heterocycles. The molecule has 0 atom stereocenters. The van der Waals surface area contributed by atoms with Crippen molar-refractivity contribution in [3.63, 3.8) is 0 Å². The SMILES string of the molecule is CCOc1cc(/C=N/NC(=O)c2cccc([N+](=O)[O-])c2)ccc1OCC(=O)Nc1ccc(C)c(C)c1. The van der Waals surface area contributed by atoms with Gasteiger partial charge in [0.15, 0.2) is 18.1 Å². The molecule has 0 fully saturated rings. The summed E-state index contributed by atoms with van der Waals surface area (Å²) in [5.41, 5.74) is 5.76. The molecule has 0 aliphatic carbocycles. The van der Waals surface area contributed by atoms with Gasteiger partial charge in [0.2, 0.25) is 0 Å². The molecule has 3 aromatic carbocycles. The topological polar surface area (TPSA) is 132 Å². The van der Waals surface area contributed by atoms with E-state index in [4.69, 9.17) is 9.47 Å². The third-order valence-corrected chi connectivity index (χ3v) is 5.12. The van der Waals surface area contributed by atoms with E-state index >= 15 is 0 Å². The zero-order valence-corrected chi connectivity index (χ0v) is 20.1. The smallest absolute Gasteiger partial charge is 0.271 e. The summed E-state index contributed by atoms with van der Waals surface area (Å²) in [5.74, 6) is -0.111. The lowest BCUT2D eigenvalue weighted by atomic mass is 10.1. The number of rotatable bonds is 10. The van der Waals surface area contributed by atoms with Crippen LogP contribution in [0.15, 0.2) is 65.8 Å². The van der Waals surface area contributed by atoms with Crippen LogP contribution in [0, 0.1) is 24.0 Å². The van der Waals surface area contributed by atoms with Crippen molar-refractivity contribution in [2.75, 3.05) is 18.5 Å². The molecule has 2 N–H and O–H groups in total. The first-order valence-corrected chi connectivity index (χ1v) is 11.1. The highest BCUT2D eigenvalue weighted by Gasteiger charge is 2.12. The fourth-order valence-corrected chi connectivity index (χ4v) is 3.14. The Morgan fingerprint density at radius 2 is 1.81 bits per heavy atom. The number of nitro benzene ring substituents is 1. The maximum Gasteiger partial charge on any atom is 0.271 e. The van der Waals surface area contributed by atoms with Crippen molar-refractivity contribution in [1.82, 2.24) is 5.43 Å². The van der Waals surface area contributed by atoms with E-state index in [9.17, 15) is 19.7 Å². The fourth-order valence-electron chi connectivity index (χ4n) is 3.14. The summed E-state index contributed by atoms with van der Waals surface area (Å²) in [6.07, 6.45) is 1.40. The maximum absolute atomic E-state index is 12.3. The number of hydrogen-bond donors (Lipinski definition) is 2. The zero-order valence-electron chi connectivity index (χ0n) is 20.1. The second-order valence-corrected chi connectivity index (χ2v) is 7.78. The summed E-state index contributed by atoms with van der Waals surface area (Å²) < 4.78 is 11.3. The van der Waals surface area contributed by atoms with Gasteiger partial charge in [-0.15, -0.1) is 0 Å². The quantitative estimate of drug-likeness (QED) is 0.246. The highest BCUT2D eigenvalue weighted by Crippen LogP contribution is 2.28. The van der Waals surface area contributed by atoms with Crippen LogP contribution in [0.1, 0.15) is 34.0 Å². The third-order valence-electron chi connectivity index (χ3n) is 5.12. The van der Waals surface area contributed by atoms with Crippen LogP contribution >= 0.6 is 0 Å². The Hall–Kier alpha value is -4.73. The molecule has 0 saturated carbocycles. The molecule has 0 aliphatic rings. The molecule has 36 heavy (non-hydrogen) atoms. The number of anilines is 1. The standard InChI is InChI=1S/C26H26N4O6/c1-4-35-24-13-19(15-27-29-26(32)20-6-5-7-22(14-20)30(33)34)9-11-23(24)36-16-25(31)28-21-10-8-17(2)18(3)12-21/h5-15H,4,16H2,1-3H3,(H,28,31)(H,29,32)/b27-15+. The van der Waals surface area contributed by atoms with Gasteiger partial charge in [0.1, 0.15) is 0 Å². The van der Waals surface area contributed by atoms with Crippen LogP contribution in [-0.2, 0) is 4.79 Å². The van der Waals surface area contributed by atoms with Crippen molar-refractivity contribution < 1.29 is 24.0 Å². The second-order valence-electron chi connectivity index (χ2n) is 7.78. The number of carbonyl (C=O) groups excluding carboxylic acids is 2. The summed E-state index contributed by atoms with van der Waals surface area (Å²) >= 11 is 0. The van der Waals surface area contributed by atoms with Crippen molar-refractivity contribution in [3.8, 4) is 11.5 Å². The number of benzene rings is 3. The molecule has 0 bridgehead atoms. The minimum Gasteiger partial charge on any atom is -0.490 e. The van der Waals surface area contributed by atoms with E-state index in [0.29, 0.717) is 29.4 Å². The molecule has 0 spiro atoms. The van der Waals surface area contributed by atoms with Crippen LogP contribution in [0.25, 0.3) is 0 Å². The van der Waals surface area contributed by atoms with Gasteiger partial charge in [0.25, 0.3) is 17.5 Å². The molecule has 3 aromatic rings. The summed E-state index contributed by atoms with van der Waals surface area (Å²) in [7, 11) is 0. The molecule has 10 heteroatoms. The van der Waals surface area contributed by atoms with E-state index in [-0.39, 0.29) is 23.8 Å². The number of amides is 2. The Bertz CT molecular complexity index is 1310. The average Bonchev–Trinajstić information content (AvgIpc) is 2.86. The summed E-state index contributed by atoms with van der Waals surface area (Å²) in [5, 5.41) is 17.6. The van der Waals surface area contributed by atoms with Gasteiger partial charge in [-0.3, -0.25) is 19.7 Å². The highest BCUT2D eigenvalue weighted by atomic mass is 16.6. The highest BCUT2D eigenvalue weighted by molar-refractivity contribution is 5.95. The van der Waals surface area contributed by atoms with E-state index in [0.717, 1.165) is 11.1 Å². The van der Waals surface area contributed by atoms with Crippen LogP contribution in [0.4, 0.5) is 11.4 Å². The molecule has 0 unspecified atom stereocenters. The predicted octanol–water partition coefficient (Wildman–Crippen LogP) is 4.39. The van der Waals surface area contributed by atoms with Crippen LogP contribution in [-0.4, -0.2) is 36.2 Å². The van der Waals surface area contributed by atoms with Crippen molar-refractivity contribution in [2.45, 2.75) is 20.8 Å². The van der Waals surface area contributed by atoms with Gasteiger partial charge in [-0.25, -0.2) is 5.43 Å². The van der Waals surface area contributed by atoms with Gasteiger partial charge in [-0.1, -0.05) is 12.1 Å². The van der Waals surface area contributed by atoms with Crippen molar-refractivity contribution in [3.05, 3.63) is 93.0 Å². The first-order valence-electron chi connectivity index (χ1n) is 11.1. The van der Waals surface area contributed by atoms with Crippen LogP contribution in [0.5, 0.6) is 11.5 Å². The molecule has 0 radical (unpaired) electrons. The summed E-state index contributed by atoms with van der Waals surface area (Å²) in [4.78, 5) is 34.8.